The Morgan fingerprint density at radius 2 is 2.54 bits per heavy atom. The van der Waals surface area contributed by atoms with Crippen LogP contribution < -0.4 is 0 Å². The monoisotopic (exact) mass is 219 g/mol. The summed E-state index contributed by atoms with van der Waals surface area (Å²) in [6, 6.07) is 0. The highest BCUT2D eigenvalue weighted by Crippen LogP contribution is 2.45. The van der Waals surface area contributed by atoms with Crippen LogP contribution in [0.3, 0.4) is 0 Å². The molecule has 2 aliphatic rings. The molecule has 0 aromatic carbocycles. The number of rotatable bonds is 1. The van der Waals surface area contributed by atoms with Crippen molar-refractivity contribution in [3.05, 3.63) is 12.3 Å². The van der Waals surface area contributed by atoms with E-state index in [9.17, 15) is 9.59 Å². The molecule has 0 saturated carbocycles. The predicted octanol–water partition coefficient (Wildman–Crippen LogP) is 0.825. The summed E-state index contributed by atoms with van der Waals surface area (Å²) >= 11 is 6.87. The summed E-state index contributed by atoms with van der Waals surface area (Å²) in [5, 5.41) is 8.68. The van der Waals surface area contributed by atoms with E-state index in [1.165, 1.54) is 17.2 Å². The Labute approximate surface area is 83.5 Å². The second-order valence-corrected chi connectivity index (χ2v) is 5.09. The van der Waals surface area contributed by atoms with E-state index < -0.39 is 10.2 Å². The van der Waals surface area contributed by atoms with Crippen LogP contribution in [0.15, 0.2) is 12.3 Å². The molecule has 1 unspecified atom stereocenters. The van der Waals surface area contributed by atoms with Gasteiger partial charge in [0, 0.05) is 6.20 Å². The molecule has 0 aliphatic carbocycles. The summed E-state index contributed by atoms with van der Waals surface area (Å²) in [6.07, 6.45) is 3.15. The molecule has 1 amide bonds. The molecule has 4 nitrogen and oxygen atoms in total. The van der Waals surface area contributed by atoms with Crippen molar-refractivity contribution in [3.8, 4) is 0 Å². The van der Waals surface area contributed by atoms with Crippen molar-refractivity contribution < 1.29 is 14.7 Å². The molecule has 1 N–H and O–H groups in total. The number of alkyl halides is 1. The van der Waals surface area contributed by atoms with Gasteiger partial charge in [0.15, 0.2) is 0 Å². The second-order valence-electron chi connectivity index (χ2n) is 2.84. The smallest absolute Gasteiger partial charge is 0.339 e. The van der Waals surface area contributed by atoms with E-state index in [4.69, 9.17) is 16.7 Å². The fourth-order valence-electron chi connectivity index (χ4n) is 1.21. The number of thioether (sulfide) groups is 1. The lowest BCUT2D eigenvalue weighted by Gasteiger charge is -2.43. The van der Waals surface area contributed by atoms with E-state index in [0.29, 0.717) is 6.42 Å². The van der Waals surface area contributed by atoms with Gasteiger partial charge in [-0.3, -0.25) is 4.79 Å². The van der Waals surface area contributed by atoms with E-state index in [1.807, 2.05) is 0 Å². The topological polar surface area (TPSA) is 57.6 Å². The van der Waals surface area contributed by atoms with E-state index in [0.717, 1.165) is 11.8 Å². The minimum atomic E-state index is -1.40. The third kappa shape index (κ3) is 1.23. The average molecular weight is 220 g/mol. The number of amides is 1. The number of hydrogen-bond acceptors (Lipinski definition) is 3. The Hall–Kier alpha value is -0.680. The Morgan fingerprint density at radius 1 is 1.85 bits per heavy atom. The van der Waals surface area contributed by atoms with Crippen LogP contribution in [0.1, 0.15) is 6.42 Å². The summed E-state index contributed by atoms with van der Waals surface area (Å²) in [6.45, 7) is 0. The number of β-lactam (4-membered cyclic amide) rings is 1. The molecule has 0 spiro atoms. The van der Waals surface area contributed by atoms with E-state index >= 15 is 0 Å². The number of halogens is 1. The van der Waals surface area contributed by atoms with E-state index in [2.05, 4.69) is 0 Å². The molecule has 70 valence electrons. The summed E-state index contributed by atoms with van der Waals surface area (Å²) in [4.78, 5) is 23.1. The van der Waals surface area contributed by atoms with Crippen molar-refractivity contribution in [1.29, 1.82) is 0 Å². The SMILES string of the molecule is O=C1C[C@H]2SC(Cl)(C(=O)O)C=CN12. The van der Waals surface area contributed by atoms with Crippen molar-refractivity contribution in [2.24, 2.45) is 0 Å². The van der Waals surface area contributed by atoms with Crippen molar-refractivity contribution in [2.75, 3.05) is 0 Å². The summed E-state index contributed by atoms with van der Waals surface area (Å²) in [5.41, 5.74) is 0. The van der Waals surface area contributed by atoms with Crippen LogP contribution in [0.4, 0.5) is 0 Å². The summed E-state index contributed by atoms with van der Waals surface area (Å²) < 4.78 is -1.40. The third-order valence-corrected chi connectivity index (χ3v) is 3.87. The molecule has 0 aromatic rings. The molecule has 1 saturated heterocycles. The molecule has 0 radical (unpaired) electrons. The normalized spacial score (nSPS) is 36.8. The molecule has 0 bridgehead atoms. The standard InChI is InChI=1S/C7H6ClNO3S/c8-7(6(11)12)1-2-9-4(10)3-5(9)13-7/h1-2,5H,3H2,(H,11,12)/t5-,7?/m1/s1. The van der Waals surface area contributed by atoms with E-state index in [-0.39, 0.29) is 11.3 Å². The highest BCUT2D eigenvalue weighted by Gasteiger charge is 2.48. The van der Waals surface area contributed by atoms with Crippen molar-refractivity contribution >= 4 is 35.2 Å². The molecule has 1 fully saturated rings. The molecule has 13 heavy (non-hydrogen) atoms. The Bertz CT molecular complexity index is 319. The lowest BCUT2D eigenvalue weighted by molar-refractivity contribution is -0.139. The quantitative estimate of drug-likeness (QED) is 0.524. The van der Waals surface area contributed by atoms with Gasteiger partial charge in [-0.05, 0) is 6.08 Å². The zero-order valence-corrected chi connectivity index (χ0v) is 8.01. The number of hydrogen-bond donors (Lipinski definition) is 1. The predicted molar refractivity (Wildman–Crippen MR) is 48.2 cm³/mol. The fraction of sp³-hybridized carbons (Fsp3) is 0.429. The van der Waals surface area contributed by atoms with Gasteiger partial charge in [0.05, 0.1) is 11.8 Å². The van der Waals surface area contributed by atoms with Gasteiger partial charge in [-0.25, -0.2) is 4.79 Å². The van der Waals surface area contributed by atoms with Gasteiger partial charge in [-0.15, -0.1) is 0 Å². The molecule has 6 heteroatoms. The van der Waals surface area contributed by atoms with Crippen LogP contribution in [0.25, 0.3) is 0 Å². The number of carboxylic acids is 1. The van der Waals surface area contributed by atoms with Gasteiger partial charge in [0.1, 0.15) is 0 Å². The largest absolute Gasteiger partial charge is 0.479 e. The lowest BCUT2D eigenvalue weighted by atomic mass is 10.2. The first-order chi connectivity index (χ1) is 6.03. The number of carbonyl (C=O) groups excluding carboxylic acids is 1. The number of aliphatic carboxylic acids is 1. The zero-order valence-electron chi connectivity index (χ0n) is 6.44. The summed E-state index contributed by atoms with van der Waals surface area (Å²) in [7, 11) is 0. The van der Waals surface area contributed by atoms with Gasteiger partial charge in [0.2, 0.25) is 10.1 Å². The van der Waals surface area contributed by atoms with Crippen LogP contribution in [0.5, 0.6) is 0 Å². The first kappa shape index (κ1) is 8.90. The molecule has 0 aromatic heterocycles. The fourth-order valence-corrected chi connectivity index (χ4v) is 2.74. The van der Waals surface area contributed by atoms with Gasteiger partial charge in [-0.2, -0.15) is 0 Å². The maximum Gasteiger partial charge on any atom is 0.339 e. The third-order valence-electron chi connectivity index (χ3n) is 2.00. The Balaban J connectivity index is 2.22. The zero-order chi connectivity index (χ0) is 9.64. The maximum absolute atomic E-state index is 10.9. The van der Waals surface area contributed by atoms with Crippen molar-refractivity contribution in [3.63, 3.8) is 0 Å². The highest BCUT2D eigenvalue weighted by atomic mass is 35.5. The highest BCUT2D eigenvalue weighted by molar-refractivity contribution is 8.03. The van der Waals surface area contributed by atoms with Gasteiger partial charge < -0.3 is 10.0 Å². The van der Waals surface area contributed by atoms with Crippen molar-refractivity contribution in [1.82, 2.24) is 4.90 Å². The molecule has 2 heterocycles. The Morgan fingerprint density at radius 3 is 3.00 bits per heavy atom. The van der Waals surface area contributed by atoms with Gasteiger partial charge in [-0.1, -0.05) is 23.4 Å². The second kappa shape index (κ2) is 2.65. The minimum Gasteiger partial charge on any atom is -0.479 e. The molecular formula is C7H6ClNO3S. The van der Waals surface area contributed by atoms with Crippen LogP contribution in [0.2, 0.25) is 0 Å². The average Bonchev–Trinajstić information content (AvgIpc) is 2.02. The lowest BCUT2D eigenvalue weighted by Crippen LogP contribution is -2.52. The summed E-state index contributed by atoms with van der Waals surface area (Å²) in [5.74, 6) is -1.08. The minimum absolute atomic E-state index is 0.0119. The van der Waals surface area contributed by atoms with Crippen LogP contribution in [-0.4, -0.2) is 31.5 Å². The first-order valence-corrected chi connectivity index (χ1v) is 4.89. The molecule has 2 aliphatic heterocycles. The Kier molecular flexibility index (Phi) is 1.82. The maximum atomic E-state index is 10.9. The van der Waals surface area contributed by atoms with Crippen molar-refractivity contribution in [2.45, 2.75) is 16.0 Å². The van der Waals surface area contributed by atoms with Gasteiger partial charge in [0.25, 0.3) is 0 Å². The van der Waals surface area contributed by atoms with E-state index in [1.54, 1.807) is 0 Å². The number of carbonyl (C=O) groups is 2. The molecule has 2 rings (SSSR count). The number of fused-ring (bicyclic) bond motifs is 1. The van der Waals surface area contributed by atoms with Crippen LogP contribution in [-0.2, 0) is 9.59 Å². The number of carboxylic acid groups (broad SMARTS) is 1. The van der Waals surface area contributed by atoms with Crippen LogP contribution >= 0.6 is 23.4 Å². The number of nitrogens with zero attached hydrogens (tertiary/aromatic N) is 1. The molecule has 2 atom stereocenters. The molecular weight excluding hydrogens is 214 g/mol. The first-order valence-electron chi connectivity index (χ1n) is 3.63. The van der Waals surface area contributed by atoms with Gasteiger partial charge >= 0.3 is 5.97 Å². The van der Waals surface area contributed by atoms with Crippen LogP contribution in [0, 0.1) is 0 Å².